The summed E-state index contributed by atoms with van der Waals surface area (Å²) in [7, 11) is 1.62. The van der Waals surface area contributed by atoms with Crippen molar-refractivity contribution in [2.24, 2.45) is 0 Å². The van der Waals surface area contributed by atoms with E-state index >= 15 is 0 Å². The Morgan fingerprint density at radius 2 is 1.84 bits per heavy atom. The number of carbonyl (C=O) groups excluding carboxylic acids is 1. The van der Waals surface area contributed by atoms with Crippen molar-refractivity contribution in [1.82, 2.24) is 0 Å². The van der Waals surface area contributed by atoms with E-state index in [9.17, 15) is 13.6 Å². The highest BCUT2D eigenvalue weighted by molar-refractivity contribution is 7.78. The lowest BCUT2D eigenvalue weighted by Gasteiger charge is -2.29. The number of carbonyl (C=O) groups is 1. The van der Waals surface area contributed by atoms with E-state index in [1.807, 2.05) is 42.5 Å². The molecule has 1 unspecified atom stereocenters. The van der Waals surface area contributed by atoms with E-state index in [0.29, 0.717) is 18.5 Å². The van der Waals surface area contributed by atoms with Gasteiger partial charge in [-0.15, -0.1) is 0 Å². The van der Waals surface area contributed by atoms with Crippen molar-refractivity contribution in [3.8, 4) is 16.9 Å². The average Bonchev–Trinajstić information content (AvgIpc) is 2.62. The van der Waals surface area contributed by atoms with Gasteiger partial charge in [-0.25, -0.2) is 4.21 Å². The fourth-order valence-corrected chi connectivity index (χ4v) is 3.62. The van der Waals surface area contributed by atoms with Gasteiger partial charge in [0.05, 0.1) is 12.9 Å². The van der Waals surface area contributed by atoms with Crippen LogP contribution in [0.25, 0.3) is 11.1 Å². The van der Waals surface area contributed by atoms with Crippen LogP contribution in [-0.2, 0) is 21.6 Å². The molecule has 1 amide bonds. The summed E-state index contributed by atoms with van der Waals surface area (Å²) in [5.41, 5.74) is 3.38. The van der Waals surface area contributed by atoms with Crippen molar-refractivity contribution < 1.29 is 18.3 Å². The number of anilines is 1. The summed E-state index contributed by atoms with van der Waals surface area (Å²) < 4.78 is 26.0. The fourth-order valence-electron chi connectivity index (χ4n) is 3.12. The molecule has 1 heterocycles. The van der Waals surface area contributed by atoms with Crippen LogP contribution in [0.15, 0.2) is 42.5 Å². The first-order valence-electron chi connectivity index (χ1n) is 8.23. The highest BCUT2D eigenvalue weighted by atomic mass is 32.2. The van der Waals surface area contributed by atoms with Crippen molar-refractivity contribution in [1.29, 1.82) is 0 Å². The smallest absolute Gasteiger partial charge is 0.226 e. The van der Waals surface area contributed by atoms with Gasteiger partial charge < -0.3 is 14.2 Å². The van der Waals surface area contributed by atoms with E-state index in [0.717, 1.165) is 35.4 Å². The van der Waals surface area contributed by atoms with Crippen LogP contribution in [0, 0.1) is 0 Å². The zero-order chi connectivity index (χ0) is 17.8. The Hall–Kier alpha value is -2.18. The molecule has 0 bridgehead atoms. The molecule has 0 spiro atoms. The molecule has 1 atom stereocenters. The Labute approximate surface area is 149 Å². The highest BCUT2D eigenvalue weighted by Gasteiger charge is 2.22. The zero-order valence-electron chi connectivity index (χ0n) is 14.1. The van der Waals surface area contributed by atoms with Gasteiger partial charge in [0.25, 0.3) is 0 Å². The van der Waals surface area contributed by atoms with Gasteiger partial charge in [-0.05, 0) is 53.8 Å². The van der Waals surface area contributed by atoms with Gasteiger partial charge in [-0.2, -0.15) is 0 Å². The molecule has 5 nitrogen and oxygen atoms in total. The Kier molecular flexibility index (Phi) is 5.50. The maximum atomic E-state index is 12.2. The normalized spacial score (nSPS) is 15.9. The second-order valence-electron chi connectivity index (χ2n) is 6.04. The van der Waals surface area contributed by atoms with Crippen LogP contribution in [-0.4, -0.2) is 28.3 Å². The Balaban J connectivity index is 1.99. The predicted octanol–water partition coefficient (Wildman–Crippen LogP) is 3.60. The number of ether oxygens (including phenoxy) is 1. The molecule has 6 heteroatoms. The number of benzene rings is 2. The number of nitrogens with zero attached hydrogens (tertiary/aromatic N) is 1. The molecule has 0 aromatic heterocycles. The first kappa shape index (κ1) is 17.6. The lowest BCUT2D eigenvalue weighted by Crippen LogP contribution is -2.35. The van der Waals surface area contributed by atoms with Crippen LogP contribution in [0.4, 0.5) is 5.69 Å². The van der Waals surface area contributed by atoms with Gasteiger partial charge in [0, 0.05) is 18.7 Å². The van der Waals surface area contributed by atoms with Crippen LogP contribution in [0.3, 0.4) is 0 Å². The third kappa shape index (κ3) is 4.08. The van der Waals surface area contributed by atoms with Gasteiger partial charge in [0.2, 0.25) is 5.91 Å². The zero-order valence-corrected chi connectivity index (χ0v) is 14.9. The van der Waals surface area contributed by atoms with Crippen LogP contribution >= 0.6 is 0 Å². The van der Waals surface area contributed by atoms with Crippen LogP contribution in [0.1, 0.15) is 24.8 Å². The van der Waals surface area contributed by atoms with Gasteiger partial charge in [0.1, 0.15) is 5.75 Å². The topological polar surface area (TPSA) is 66.8 Å². The van der Waals surface area contributed by atoms with E-state index < -0.39 is 11.1 Å². The van der Waals surface area contributed by atoms with Gasteiger partial charge in [-0.3, -0.25) is 4.79 Å². The van der Waals surface area contributed by atoms with E-state index in [2.05, 4.69) is 0 Å². The number of amides is 1. The monoisotopic (exact) mass is 359 g/mol. The summed E-state index contributed by atoms with van der Waals surface area (Å²) in [5.74, 6) is 0.854. The summed E-state index contributed by atoms with van der Waals surface area (Å²) in [6, 6.07) is 13.4. The summed E-state index contributed by atoms with van der Waals surface area (Å²) in [4.78, 5) is 14.0. The van der Waals surface area contributed by atoms with E-state index in [1.54, 1.807) is 12.0 Å². The molecule has 0 aliphatic carbocycles. The van der Waals surface area contributed by atoms with Gasteiger partial charge in [-0.1, -0.05) is 18.2 Å². The SMILES string of the molecule is COc1ccc(-c2ccc(N3CCCCC3=O)c(CS(=O)O)c2)cc1. The second-order valence-corrected chi connectivity index (χ2v) is 6.97. The van der Waals surface area contributed by atoms with Crippen molar-refractivity contribution in [2.45, 2.75) is 25.0 Å². The highest BCUT2D eigenvalue weighted by Crippen LogP contribution is 2.31. The molecule has 2 aromatic carbocycles. The maximum absolute atomic E-state index is 12.2. The lowest BCUT2D eigenvalue weighted by atomic mass is 10.0. The molecular weight excluding hydrogens is 338 g/mol. The summed E-state index contributed by atoms with van der Waals surface area (Å²) in [6.45, 7) is 0.659. The van der Waals surface area contributed by atoms with E-state index in [-0.39, 0.29) is 11.7 Å². The van der Waals surface area contributed by atoms with Gasteiger partial charge in [0.15, 0.2) is 11.1 Å². The second kappa shape index (κ2) is 7.80. The van der Waals surface area contributed by atoms with Crippen LogP contribution in [0.2, 0.25) is 0 Å². The molecule has 1 saturated heterocycles. The minimum absolute atomic E-state index is 0.00308. The van der Waals surface area contributed by atoms with Crippen LogP contribution in [0.5, 0.6) is 5.75 Å². The number of piperidine rings is 1. The molecule has 2 aromatic rings. The third-order valence-electron chi connectivity index (χ3n) is 4.40. The molecule has 1 aliphatic rings. The average molecular weight is 359 g/mol. The lowest BCUT2D eigenvalue weighted by molar-refractivity contribution is -0.119. The van der Waals surface area contributed by atoms with E-state index in [4.69, 9.17) is 4.74 Å². The van der Waals surface area contributed by atoms with Crippen LogP contribution < -0.4 is 9.64 Å². The number of hydrogen-bond acceptors (Lipinski definition) is 3. The number of methoxy groups -OCH3 is 1. The first-order valence-corrected chi connectivity index (χ1v) is 9.51. The summed E-state index contributed by atoms with van der Waals surface area (Å²) in [5, 5.41) is 0. The Morgan fingerprint density at radius 1 is 1.12 bits per heavy atom. The first-order chi connectivity index (χ1) is 12.1. The Bertz CT molecular complexity index is 789. The number of hydrogen-bond donors (Lipinski definition) is 1. The molecular formula is C19H21NO4S. The minimum Gasteiger partial charge on any atom is -0.497 e. The molecule has 25 heavy (non-hydrogen) atoms. The summed E-state index contributed by atoms with van der Waals surface area (Å²) >= 11 is -1.97. The largest absolute Gasteiger partial charge is 0.497 e. The van der Waals surface area contributed by atoms with Crippen molar-refractivity contribution in [2.75, 3.05) is 18.6 Å². The van der Waals surface area contributed by atoms with Gasteiger partial charge >= 0.3 is 0 Å². The molecule has 132 valence electrons. The summed E-state index contributed by atoms with van der Waals surface area (Å²) in [6.07, 6.45) is 2.38. The minimum atomic E-state index is -1.97. The molecule has 1 aliphatic heterocycles. The number of rotatable bonds is 5. The van der Waals surface area contributed by atoms with Crippen molar-refractivity contribution >= 4 is 22.7 Å². The van der Waals surface area contributed by atoms with Crippen molar-refractivity contribution in [3.63, 3.8) is 0 Å². The quantitative estimate of drug-likeness (QED) is 0.829. The molecule has 1 fully saturated rings. The maximum Gasteiger partial charge on any atom is 0.226 e. The predicted molar refractivity (Wildman–Crippen MR) is 99.1 cm³/mol. The third-order valence-corrected chi connectivity index (χ3v) is 4.95. The molecule has 3 rings (SSSR count). The molecule has 0 radical (unpaired) electrons. The Morgan fingerprint density at radius 3 is 2.48 bits per heavy atom. The van der Waals surface area contributed by atoms with Crippen molar-refractivity contribution in [3.05, 3.63) is 48.0 Å². The fraction of sp³-hybridized carbons (Fsp3) is 0.316. The molecule has 0 saturated carbocycles. The molecule has 1 N–H and O–H groups in total. The standard InChI is InChI=1S/C19H21NO4S/c1-24-17-8-5-14(6-9-17)15-7-10-18(16(12-15)13-25(22)23)20-11-3-2-4-19(20)21/h5-10,12H,2-4,11,13H2,1H3,(H,22,23). The van der Waals surface area contributed by atoms with E-state index in [1.165, 1.54) is 0 Å².